The molecule has 1 aromatic rings. The van der Waals surface area contributed by atoms with E-state index in [9.17, 15) is 0 Å². The maximum Gasteiger partial charge on any atom is 0.217 e. The number of methoxy groups -OCH3 is 1. The zero-order valence-electron chi connectivity index (χ0n) is 10.2. The third kappa shape index (κ3) is 2.98. The molecule has 3 heteroatoms. The number of piperidine rings is 1. The molecule has 0 spiro atoms. The summed E-state index contributed by atoms with van der Waals surface area (Å²) in [5.74, 6) is 4.04. The number of ether oxygens (including phenoxy) is 1. The molecule has 0 radical (unpaired) electrons. The van der Waals surface area contributed by atoms with Gasteiger partial charge in [0.1, 0.15) is 0 Å². The summed E-state index contributed by atoms with van der Waals surface area (Å²) in [6.07, 6.45) is 9.40. The quantitative estimate of drug-likeness (QED) is 0.742. The van der Waals surface area contributed by atoms with Crippen LogP contribution in [0, 0.1) is 18.3 Å². The van der Waals surface area contributed by atoms with E-state index in [1.54, 1.807) is 13.3 Å². The molecule has 1 aromatic heterocycles. The Morgan fingerprint density at radius 2 is 2.29 bits per heavy atom. The van der Waals surface area contributed by atoms with E-state index in [4.69, 9.17) is 11.2 Å². The zero-order chi connectivity index (χ0) is 12.1. The minimum absolute atomic E-state index is 0.460. The summed E-state index contributed by atoms with van der Waals surface area (Å²) in [6, 6.07) is 4.02. The fraction of sp³-hybridized carbons (Fsp3) is 0.500. The van der Waals surface area contributed by atoms with Gasteiger partial charge < -0.3 is 4.74 Å². The molecule has 0 amide bonds. The Balaban J connectivity index is 1.96. The van der Waals surface area contributed by atoms with Crippen LogP contribution in [0.3, 0.4) is 0 Å². The SMILES string of the molecule is C#CC1CCN(Cc2cccnc2OC)CC1. The molecule has 1 saturated heterocycles. The zero-order valence-corrected chi connectivity index (χ0v) is 10.2. The number of likely N-dealkylation sites (tertiary alicyclic amines) is 1. The first-order valence-electron chi connectivity index (χ1n) is 6.00. The summed E-state index contributed by atoms with van der Waals surface area (Å²) in [7, 11) is 1.66. The van der Waals surface area contributed by atoms with Crippen LogP contribution >= 0.6 is 0 Å². The minimum atomic E-state index is 0.460. The van der Waals surface area contributed by atoms with Crippen LogP contribution in [-0.2, 0) is 6.54 Å². The van der Waals surface area contributed by atoms with Crippen molar-refractivity contribution in [3.63, 3.8) is 0 Å². The van der Waals surface area contributed by atoms with Gasteiger partial charge in [-0.15, -0.1) is 12.3 Å². The van der Waals surface area contributed by atoms with Crippen molar-refractivity contribution in [3.8, 4) is 18.2 Å². The first-order chi connectivity index (χ1) is 8.33. The van der Waals surface area contributed by atoms with Crippen LogP contribution in [-0.4, -0.2) is 30.1 Å². The number of aromatic nitrogens is 1. The molecular formula is C14H18N2O. The van der Waals surface area contributed by atoms with E-state index in [2.05, 4.69) is 21.9 Å². The van der Waals surface area contributed by atoms with Crippen LogP contribution in [0.1, 0.15) is 18.4 Å². The van der Waals surface area contributed by atoms with E-state index in [1.807, 2.05) is 6.07 Å². The summed E-state index contributed by atoms with van der Waals surface area (Å²) in [6.45, 7) is 3.02. The molecule has 2 heterocycles. The Hall–Kier alpha value is -1.53. The molecule has 0 saturated carbocycles. The van der Waals surface area contributed by atoms with Gasteiger partial charge in [0.05, 0.1) is 7.11 Å². The van der Waals surface area contributed by atoms with E-state index in [-0.39, 0.29) is 0 Å². The second kappa shape index (κ2) is 5.70. The molecule has 0 aliphatic carbocycles. The number of nitrogens with zero attached hydrogens (tertiary/aromatic N) is 2. The van der Waals surface area contributed by atoms with Gasteiger partial charge in [0.15, 0.2) is 0 Å². The summed E-state index contributed by atoms with van der Waals surface area (Å²) in [5, 5.41) is 0. The smallest absolute Gasteiger partial charge is 0.217 e. The maximum absolute atomic E-state index is 5.45. The molecule has 17 heavy (non-hydrogen) atoms. The van der Waals surface area contributed by atoms with Gasteiger partial charge in [-0.2, -0.15) is 0 Å². The van der Waals surface area contributed by atoms with Crippen LogP contribution in [0.2, 0.25) is 0 Å². The molecule has 90 valence electrons. The molecule has 0 N–H and O–H groups in total. The monoisotopic (exact) mass is 230 g/mol. The van der Waals surface area contributed by atoms with Crippen molar-refractivity contribution in [1.29, 1.82) is 0 Å². The van der Waals surface area contributed by atoms with Gasteiger partial charge in [0, 0.05) is 24.2 Å². The minimum Gasteiger partial charge on any atom is -0.481 e. The Bertz CT molecular complexity index is 403. The molecule has 1 aliphatic rings. The van der Waals surface area contributed by atoms with Crippen LogP contribution in [0.5, 0.6) is 5.88 Å². The number of hydrogen-bond donors (Lipinski definition) is 0. The molecule has 0 atom stereocenters. The number of pyridine rings is 1. The van der Waals surface area contributed by atoms with Crippen molar-refractivity contribution in [2.45, 2.75) is 19.4 Å². The van der Waals surface area contributed by atoms with E-state index in [0.29, 0.717) is 5.92 Å². The molecule has 2 rings (SSSR count). The van der Waals surface area contributed by atoms with Gasteiger partial charge in [-0.3, -0.25) is 4.90 Å². The van der Waals surface area contributed by atoms with Crippen LogP contribution in [0.25, 0.3) is 0 Å². The average molecular weight is 230 g/mol. The highest BCUT2D eigenvalue weighted by molar-refractivity contribution is 5.25. The highest BCUT2D eigenvalue weighted by Crippen LogP contribution is 2.21. The molecule has 1 fully saturated rings. The molecule has 0 aromatic carbocycles. The Labute approximate surface area is 103 Å². The molecular weight excluding hydrogens is 212 g/mol. The Morgan fingerprint density at radius 3 is 2.94 bits per heavy atom. The number of rotatable bonds is 3. The largest absolute Gasteiger partial charge is 0.481 e. The van der Waals surface area contributed by atoms with Crippen LogP contribution in [0.15, 0.2) is 18.3 Å². The van der Waals surface area contributed by atoms with Crippen molar-refractivity contribution >= 4 is 0 Å². The van der Waals surface area contributed by atoms with E-state index < -0.39 is 0 Å². The first kappa shape index (κ1) is 11.9. The number of terminal acetylenes is 1. The second-order valence-corrected chi connectivity index (χ2v) is 4.39. The van der Waals surface area contributed by atoms with E-state index in [0.717, 1.165) is 43.9 Å². The van der Waals surface area contributed by atoms with Gasteiger partial charge >= 0.3 is 0 Å². The summed E-state index contributed by atoms with van der Waals surface area (Å²) >= 11 is 0. The van der Waals surface area contributed by atoms with Crippen LogP contribution < -0.4 is 4.74 Å². The Kier molecular flexibility index (Phi) is 4.00. The van der Waals surface area contributed by atoms with Crippen LogP contribution in [0.4, 0.5) is 0 Å². The lowest BCUT2D eigenvalue weighted by molar-refractivity contribution is 0.196. The average Bonchev–Trinajstić information content (AvgIpc) is 2.40. The maximum atomic E-state index is 5.45. The van der Waals surface area contributed by atoms with Crippen molar-refractivity contribution in [1.82, 2.24) is 9.88 Å². The van der Waals surface area contributed by atoms with Gasteiger partial charge in [-0.25, -0.2) is 4.98 Å². The van der Waals surface area contributed by atoms with Gasteiger partial charge in [0.2, 0.25) is 5.88 Å². The highest BCUT2D eigenvalue weighted by atomic mass is 16.5. The first-order valence-corrected chi connectivity index (χ1v) is 6.00. The van der Waals surface area contributed by atoms with E-state index in [1.165, 1.54) is 0 Å². The fourth-order valence-electron chi connectivity index (χ4n) is 2.23. The third-order valence-electron chi connectivity index (χ3n) is 3.26. The lowest BCUT2D eigenvalue weighted by atomic mass is 9.97. The van der Waals surface area contributed by atoms with Gasteiger partial charge in [-0.05, 0) is 32.0 Å². The summed E-state index contributed by atoms with van der Waals surface area (Å²) < 4.78 is 5.26. The lowest BCUT2D eigenvalue weighted by Gasteiger charge is -2.29. The normalized spacial score (nSPS) is 17.6. The van der Waals surface area contributed by atoms with Crippen molar-refractivity contribution in [2.24, 2.45) is 5.92 Å². The van der Waals surface area contributed by atoms with Crippen molar-refractivity contribution < 1.29 is 4.74 Å². The van der Waals surface area contributed by atoms with E-state index >= 15 is 0 Å². The highest BCUT2D eigenvalue weighted by Gasteiger charge is 2.18. The van der Waals surface area contributed by atoms with Crippen molar-refractivity contribution in [2.75, 3.05) is 20.2 Å². The molecule has 3 nitrogen and oxygen atoms in total. The molecule has 1 aliphatic heterocycles. The number of hydrogen-bond acceptors (Lipinski definition) is 3. The molecule has 0 bridgehead atoms. The van der Waals surface area contributed by atoms with Crippen molar-refractivity contribution in [3.05, 3.63) is 23.9 Å². The Morgan fingerprint density at radius 1 is 1.53 bits per heavy atom. The summed E-state index contributed by atoms with van der Waals surface area (Å²) in [5.41, 5.74) is 1.15. The standard InChI is InChI=1S/C14H18N2O/c1-3-12-6-9-16(10-7-12)11-13-5-4-8-15-14(13)17-2/h1,4-5,8,12H,6-7,9-11H2,2H3. The van der Waals surface area contributed by atoms with Gasteiger partial charge in [-0.1, -0.05) is 6.07 Å². The van der Waals surface area contributed by atoms with Gasteiger partial charge in [0.25, 0.3) is 0 Å². The topological polar surface area (TPSA) is 25.4 Å². The lowest BCUT2D eigenvalue weighted by Crippen LogP contribution is -2.32. The fourth-order valence-corrected chi connectivity index (χ4v) is 2.23. The molecule has 0 unspecified atom stereocenters. The predicted octanol–water partition coefficient (Wildman–Crippen LogP) is 1.94. The predicted molar refractivity (Wildman–Crippen MR) is 67.6 cm³/mol. The summed E-state index contributed by atoms with van der Waals surface area (Å²) in [4.78, 5) is 6.62. The third-order valence-corrected chi connectivity index (χ3v) is 3.26. The second-order valence-electron chi connectivity index (χ2n) is 4.39.